The van der Waals surface area contributed by atoms with Crippen LogP contribution in [0.15, 0.2) is 12.3 Å². The highest BCUT2D eigenvalue weighted by Gasteiger charge is 2.28. The molecule has 16 heavy (non-hydrogen) atoms. The summed E-state index contributed by atoms with van der Waals surface area (Å²) in [4.78, 5) is 8.94. The molecule has 0 N–H and O–H groups in total. The third kappa shape index (κ3) is 2.84. The summed E-state index contributed by atoms with van der Waals surface area (Å²) in [6.07, 6.45) is 3.00. The largest absolute Gasteiger partial charge is 0.240 e. The lowest BCUT2D eigenvalue weighted by molar-refractivity contribution is 0.744. The van der Waals surface area contributed by atoms with Crippen LogP contribution in [0.5, 0.6) is 0 Å². The van der Waals surface area contributed by atoms with Crippen LogP contribution in [0, 0.1) is 0 Å². The first-order valence-electron chi connectivity index (χ1n) is 5.46. The van der Waals surface area contributed by atoms with Crippen LogP contribution in [0.2, 0.25) is 0 Å². The average molecular weight is 275 g/mol. The third-order valence-electron chi connectivity index (χ3n) is 2.58. The minimum atomic E-state index is 0.437. The number of thioether (sulfide) groups is 2. The second-order valence-corrected chi connectivity index (χ2v) is 6.51. The normalized spacial score (nSPS) is 25.6. The second-order valence-electron chi connectivity index (χ2n) is 3.65. The Bertz CT molecular complexity index is 349. The maximum absolute atomic E-state index is 5.81. The smallest absolute Gasteiger partial charge is 0.142 e. The van der Waals surface area contributed by atoms with Crippen LogP contribution in [0.3, 0.4) is 0 Å². The summed E-state index contributed by atoms with van der Waals surface area (Å²) >= 11 is 9.83. The van der Waals surface area contributed by atoms with E-state index < -0.39 is 0 Å². The maximum atomic E-state index is 5.81. The van der Waals surface area contributed by atoms with Crippen LogP contribution in [0.25, 0.3) is 0 Å². The van der Waals surface area contributed by atoms with Gasteiger partial charge in [-0.1, -0.05) is 6.92 Å². The summed E-state index contributed by atoms with van der Waals surface area (Å²) in [5.41, 5.74) is 0.928. The zero-order chi connectivity index (χ0) is 11.4. The Hall–Kier alpha value is 0.0700. The minimum Gasteiger partial charge on any atom is -0.240 e. The summed E-state index contributed by atoms with van der Waals surface area (Å²) in [5, 5.41) is 1.08. The number of aromatic nitrogens is 2. The first-order chi connectivity index (χ1) is 7.85. The van der Waals surface area contributed by atoms with Gasteiger partial charge in [-0.3, -0.25) is 0 Å². The average Bonchev–Trinajstić information content (AvgIpc) is 2.38. The molecule has 0 radical (unpaired) electrons. The van der Waals surface area contributed by atoms with E-state index in [-0.39, 0.29) is 0 Å². The molecule has 2 nitrogen and oxygen atoms in total. The van der Waals surface area contributed by atoms with Crippen molar-refractivity contribution >= 4 is 35.1 Å². The number of hydrogen-bond donors (Lipinski definition) is 0. The number of hydrogen-bond acceptors (Lipinski definition) is 4. The molecule has 1 aromatic heterocycles. The molecule has 88 valence electrons. The van der Waals surface area contributed by atoms with E-state index in [2.05, 4.69) is 16.9 Å². The Morgan fingerprint density at radius 3 is 3.00 bits per heavy atom. The van der Waals surface area contributed by atoms with Crippen LogP contribution in [0.1, 0.15) is 30.1 Å². The van der Waals surface area contributed by atoms with Gasteiger partial charge in [0.05, 0.1) is 16.8 Å². The van der Waals surface area contributed by atoms with E-state index in [0.717, 1.165) is 11.5 Å². The van der Waals surface area contributed by atoms with Crippen molar-refractivity contribution in [1.82, 2.24) is 9.97 Å². The van der Waals surface area contributed by atoms with Gasteiger partial charge in [-0.2, -0.15) is 11.8 Å². The molecule has 0 bridgehead atoms. The fourth-order valence-electron chi connectivity index (χ4n) is 1.77. The van der Waals surface area contributed by atoms with E-state index in [1.165, 1.54) is 17.9 Å². The molecule has 2 unspecified atom stereocenters. The van der Waals surface area contributed by atoms with Gasteiger partial charge in [0.1, 0.15) is 5.82 Å². The lowest BCUT2D eigenvalue weighted by atomic mass is 10.2. The molecule has 0 saturated carbocycles. The zero-order valence-corrected chi connectivity index (χ0v) is 11.6. The molecule has 1 aromatic rings. The first-order valence-corrected chi connectivity index (χ1v) is 8.09. The van der Waals surface area contributed by atoms with Crippen LogP contribution >= 0.6 is 35.1 Å². The summed E-state index contributed by atoms with van der Waals surface area (Å²) < 4.78 is 0. The van der Waals surface area contributed by atoms with Gasteiger partial charge in [-0.05, 0) is 12.5 Å². The highest BCUT2D eigenvalue weighted by atomic mass is 35.5. The summed E-state index contributed by atoms with van der Waals surface area (Å²) in [5.74, 6) is 3.87. The molecule has 2 heterocycles. The van der Waals surface area contributed by atoms with Crippen LogP contribution in [-0.4, -0.2) is 26.7 Å². The van der Waals surface area contributed by atoms with Crippen molar-refractivity contribution in [1.29, 1.82) is 0 Å². The Labute approximate surface area is 110 Å². The molecule has 1 saturated heterocycles. The fourth-order valence-corrected chi connectivity index (χ4v) is 4.92. The fraction of sp³-hybridized carbons (Fsp3) is 0.636. The van der Waals surface area contributed by atoms with Gasteiger partial charge in [0.2, 0.25) is 0 Å². The summed E-state index contributed by atoms with van der Waals surface area (Å²) in [6, 6.07) is 1.89. The predicted molar refractivity (Wildman–Crippen MR) is 73.3 cm³/mol. The SMILES string of the molecule is CCC1SCCSC1c1nccc(CCl)n1. The molecule has 2 atom stereocenters. The molecule has 2 rings (SSSR count). The number of rotatable bonds is 3. The Balaban J connectivity index is 2.20. The van der Waals surface area contributed by atoms with Crippen LogP contribution in [-0.2, 0) is 5.88 Å². The maximum Gasteiger partial charge on any atom is 0.142 e. The van der Waals surface area contributed by atoms with Gasteiger partial charge in [-0.25, -0.2) is 9.97 Å². The molecule has 0 aromatic carbocycles. The van der Waals surface area contributed by atoms with Gasteiger partial charge >= 0.3 is 0 Å². The highest BCUT2D eigenvalue weighted by molar-refractivity contribution is 8.06. The molecule has 1 aliphatic rings. The van der Waals surface area contributed by atoms with Gasteiger partial charge in [0.25, 0.3) is 0 Å². The van der Waals surface area contributed by atoms with Crippen LogP contribution in [0.4, 0.5) is 0 Å². The summed E-state index contributed by atoms with van der Waals surface area (Å²) in [6.45, 7) is 2.24. The van der Waals surface area contributed by atoms with E-state index in [4.69, 9.17) is 11.6 Å². The molecule has 0 aliphatic carbocycles. The molecular weight excluding hydrogens is 260 g/mol. The van der Waals surface area contributed by atoms with Crippen molar-refractivity contribution in [2.75, 3.05) is 11.5 Å². The van der Waals surface area contributed by atoms with Gasteiger partial charge in [0, 0.05) is 23.0 Å². The first kappa shape index (κ1) is 12.5. The summed E-state index contributed by atoms with van der Waals surface area (Å²) in [7, 11) is 0. The highest BCUT2D eigenvalue weighted by Crippen LogP contribution is 2.42. The predicted octanol–water partition coefficient (Wildman–Crippen LogP) is 3.52. The zero-order valence-electron chi connectivity index (χ0n) is 9.23. The van der Waals surface area contributed by atoms with Crippen molar-refractivity contribution < 1.29 is 0 Å². The quantitative estimate of drug-likeness (QED) is 0.788. The van der Waals surface area contributed by atoms with Crippen molar-refractivity contribution in [3.8, 4) is 0 Å². The topological polar surface area (TPSA) is 25.8 Å². The molecule has 0 spiro atoms. The van der Waals surface area contributed by atoms with Crippen molar-refractivity contribution in [2.45, 2.75) is 29.7 Å². The van der Waals surface area contributed by atoms with Gasteiger partial charge in [-0.15, -0.1) is 23.4 Å². The molecule has 1 aliphatic heterocycles. The molecule has 5 heteroatoms. The standard InChI is InChI=1S/C11H15ClN2S2/c1-2-9-10(16-6-5-15-9)11-13-4-3-8(7-12)14-11/h3-4,9-10H,2,5-7H2,1H3. The van der Waals surface area contributed by atoms with Gasteiger partial charge in [0.15, 0.2) is 0 Å². The Kier molecular flexibility index (Phi) is 4.79. The lowest BCUT2D eigenvalue weighted by Crippen LogP contribution is -2.20. The lowest BCUT2D eigenvalue weighted by Gasteiger charge is -2.28. The van der Waals surface area contributed by atoms with E-state index >= 15 is 0 Å². The second kappa shape index (κ2) is 6.12. The van der Waals surface area contributed by atoms with Gasteiger partial charge < -0.3 is 0 Å². The monoisotopic (exact) mass is 274 g/mol. The molecule has 1 fully saturated rings. The van der Waals surface area contributed by atoms with E-state index in [9.17, 15) is 0 Å². The Morgan fingerprint density at radius 2 is 2.25 bits per heavy atom. The van der Waals surface area contributed by atoms with Crippen molar-refractivity contribution in [3.05, 3.63) is 23.8 Å². The van der Waals surface area contributed by atoms with Crippen molar-refractivity contribution in [3.63, 3.8) is 0 Å². The molecular formula is C11H15ClN2S2. The van der Waals surface area contributed by atoms with E-state index in [0.29, 0.717) is 16.4 Å². The van der Waals surface area contributed by atoms with E-state index in [1.807, 2.05) is 35.8 Å². The van der Waals surface area contributed by atoms with Crippen LogP contribution < -0.4 is 0 Å². The number of halogens is 1. The minimum absolute atomic E-state index is 0.437. The van der Waals surface area contributed by atoms with E-state index in [1.54, 1.807) is 0 Å². The third-order valence-corrected chi connectivity index (χ3v) is 6.09. The molecule has 0 amide bonds. The van der Waals surface area contributed by atoms with Crippen molar-refractivity contribution in [2.24, 2.45) is 0 Å². The Morgan fingerprint density at radius 1 is 1.44 bits per heavy atom. The number of nitrogens with zero attached hydrogens (tertiary/aromatic N) is 2. The number of alkyl halides is 1.